The molecule has 0 spiro atoms. The van der Waals surface area contributed by atoms with Gasteiger partial charge in [-0.15, -0.1) is 0 Å². The van der Waals surface area contributed by atoms with E-state index in [9.17, 15) is 0 Å². The first-order valence-electron chi connectivity index (χ1n) is 32.3. The van der Waals surface area contributed by atoms with Crippen molar-refractivity contribution < 1.29 is 0 Å². The highest BCUT2D eigenvalue weighted by molar-refractivity contribution is 6.12. The van der Waals surface area contributed by atoms with Gasteiger partial charge in [0.15, 0.2) is 0 Å². The minimum absolute atomic E-state index is 0.187. The van der Waals surface area contributed by atoms with Crippen molar-refractivity contribution in [1.82, 2.24) is 9.13 Å². The molecule has 0 atom stereocenters. The summed E-state index contributed by atoms with van der Waals surface area (Å²) in [6.45, 7) is 14.5. The van der Waals surface area contributed by atoms with Crippen molar-refractivity contribution in [2.24, 2.45) is 0 Å². The molecule has 2 heteroatoms. The molecule has 0 saturated carbocycles. The highest BCUT2D eigenvalue weighted by Gasteiger charge is 2.40. The molecule has 0 amide bonds. The van der Waals surface area contributed by atoms with Crippen LogP contribution >= 0.6 is 0 Å². The first kappa shape index (κ1) is 52.2. The summed E-state index contributed by atoms with van der Waals surface area (Å²) in [5, 5.41) is 10.1. The number of para-hydroxylation sites is 2. The molecule has 14 aromatic carbocycles. The Balaban J connectivity index is 0.601. The van der Waals surface area contributed by atoms with Gasteiger partial charge in [0.2, 0.25) is 0 Å². The van der Waals surface area contributed by atoms with E-state index in [1.54, 1.807) is 0 Å². The zero-order valence-electron chi connectivity index (χ0n) is 52.0. The van der Waals surface area contributed by atoms with E-state index in [0.29, 0.717) is 0 Å². The molecule has 0 bridgehead atoms. The molecule has 0 N–H and O–H groups in total. The van der Waals surface area contributed by atoms with Gasteiger partial charge in [0.05, 0.1) is 22.1 Å². The number of benzene rings is 14. The van der Waals surface area contributed by atoms with E-state index in [1.165, 1.54) is 188 Å². The summed E-state index contributed by atoms with van der Waals surface area (Å²) in [5.74, 6) is 0. The minimum Gasteiger partial charge on any atom is -0.309 e. The lowest BCUT2D eigenvalue weighted by Crippen LogP contribution is -2.16. The molecule has 3 aliphatic carbocycles. The lowest BCUT2D eigenvalue weighted by molar-refractivity contribution is 0.659. The van der Waals surface area contributed by atoms with Crippen LogP contribution in [-0.4, -0.2) is 9.13 Å². The predicted molar refractivity (Wildman–Crippen MR) is 385 cm³/mol. The maximum absolute atomic E-state index is 2.49. The van der Waals surface area contributed by atoms with Gasteiger partial charge >= 0.3 is 0 Å². The Kier molecular flexibility index (Phi) is 10.7. The van der Waals surface area contributed by atoms with Gasteiger partial charge in [-0.2, -0.15) is 0 Å². The Morgan fingerprint density at radius 2 is 0.451 bits per heavy atom. The number of rotatable bonds is 6. The van der Waals surface area contributed by atoms with Gasteiger partial charge < -0.3 is 9.13 Å². The number of hydrogen-bond acceptors (Lipinski definition) is 0. The van der Waals surface area contributed by atoms with Crippen LogP contribution in [0.2, 0.25) is 0 Å². The molecule has 2 aromatic heterocycles. The van der Waals surface area contributed by atoms with Crippen molar-refractivity contribution in [2.75, 3.05) is 0 Å². The van der Waals surface area contributed by atoms with Crippen molar-refractivity contribution in [3.8, 4) is 89.3 Å². The van der Waals surface area contributed by atoms with E-state index < -0.39 is 0 Å². The molecule has 2 heterocycles. The lowest BCUT2D eigenvalue weighted by Gasteiger charge is -2.24. The number of hydrogen-bond donors (Lipinski definition) is 0. The summed E-state index contributed by atoms with van der Waals surface area (Å²) < 4.78 is 4.85. The summed E-state index contributed by atoms with van der Waals surface area (Å²) in [5.41, 5.74) is 33.0. The second-order valence-electron chi connectivity index (χ2n) is 27.7. The van der Waals surface area contributed by atoms with E-state index >= 15 is 0 Å². The fourth-order valence-electron chi connectivity index (χ4n) is 16.8. The molecular weight excluding hydrogens is 1100 g/mol. The summed E-state index contributed by atoms with van der Waals surface area (Å²) in [6, 6.07) is 106. The molecule has 0 unspecified atom stereocenters. The largest absolute Gasteiger partial charge is 0.309 e. The Morgan fingerprint density at radius 3 is 0.769 bits per heavy atom. The fraction of sp³-hybridized carbons (Fsp3) is 0.101. The molecule has 0 fully saturated rings. The molecule has 2 nitrogen and oxygen atoms in total. The molecule has 0 saturated heterocycles. The highest BCUT2D eigenvalue weighted by Crippen LogP contribution is 2.55. The van der Waals surface area contributed by atoms with Gasteiger partial charge in [0.1, 0.15) is 0 Å². The van der Waals surface area contributed by atoms with E-state index in [2.05, 4.69) is 330 Å². The van der Waals surface area contributed by atoms with Crippen LogP contribution in [0.25, 0.3) is 154 Å². The topological polar surface area (TPSA) is 9.86 Å². The first-order valence-corrected chi connectivity index (χ1v) is 32.3. The van der Waals surface area contributed by atoms with Gasteiger partial charge in [-0.05, 0) is 230 Å². The average molecular weight is 1160 g/mol. The second-order valence-corrected chi connectivity index (χ2v) is 27.7. The lowest BCUT2D eigenvalue weighted by atomic mass is 9.79. The van der Waals surface area contributed by atoms with Crippen LogP contribution in [0, 0.1) is 0 Å². The van der Waals surface area contributed by atoms with Crippen LogP contribution in [0.15, 0.2) is 279 Å². The average Bonchev–Trinajstić information content (AvgIpc) is 1.60. The maximum Gasteiger partial charge on any atom is 0.0541 e. The van der Waals surface area contributed by atoms with Crippen molar-refractivity contribution in [1.29, 1.82) is 0 Å². The normalized spacial score (nSPS) is 14.5. The van der Waals surface area contributed by atoms with Crippen molar-refractivity contribution >= 4 is 65.2 Å². The Labute approximate surface area is 530 Å². The van der Waals surface area contributed by atoms with Crippen molar-refractivity contribution in [2.45, 2.75) is 57.8 Å². The summed E-state index contributed by atoms with van der Waals surface area (Å²) in [7, 11) is 0. The molecular formula is C89H64N2. The van der Waals surface area contributed by atoms with E-state index in [4.69, 9.17) is 0 Å². The zero-order valence-corrected chi connectivity index (χ0v) is 52.0. The standard InChI is InChI=1S/C89H64N2/c1-87(2)77-47-59(57-31-41-85-75(45-57)73-19-11-13-21-83(73)90(85)65-33-23-53-15-7-9-17-55(53)43-65)25-35-67(77)69-37-27-61(49-79(69)87)63-29-39-71-72-40-30-64(52-82(72)89(5,6)81(71)51-63)62-28-38-70-68-36-26-60(48-78(68)88(3,4)80(70)50-62)58-32-42-86-76(46-58)74-20-12-14-22-84(74)91(86)66-34-24-54-16-8-10-18-56(54)44-66/h7-52H,1-6H3. The van der Waals surface area contributed by atoms with Gasteiger partial charge in [-0.1, -0.05) is 224 Å². The first-order chi connectivity index (χ1) is 44.3. The highest BCUT2D eigenvalue weighted by atomic mass is 15.0. The third-order valence-electron chi connectivity index (χ3n) is 21.7. The van der Waals surface area contributed by atoms with Crippen LogP contribution < -0.4 is 0 Å². The predicted octanol–water partition coefficient (Wildman–Crippen LogP) is 23.8. The van der Waals surface area contributed by atoms with Crippen LogP contribution in [0.3, 0.4) is 0 Å². The number of fused-ring (bicyclic) bond motifs is 17. The molecule has 430 valence electrons. The van der Waals surface area contributed by atoms with Crippen LogP contribution in [0.1, 0.15) is 74.9 Å². The van der Waals surface area contributed by atoms with Gasteiger partial charge in [-0.25, -0.2) is 0 Å². The quantitative estimate of drug-likeness (QED) is 0.157. The monoisotopic (exact) mass is 1160 g/mol. The van der Waals surface area contributed by atoms with E-state index in [1.807, 2.05) is 0 Å². The Bertz CT molecular complexity index is 5510. The SMILES string of the molecule is CC1(C)c2cc(-c3ccc4c(c3)C(C)(C)c3cc(-c5ccc6c(c5)c5ccccc5n6-c5ccc6ccccc6c5)ccc3-4)ccc2-c2ccc(-c3ccc4c(c3)C(C)(C)c3cc(-c5ccc6c(c5)c5ccccc5n6-c5ccc6ccccc6c5)ccc3-4)cc21. The van der Waals surface area contributed by atoms with E-state index in [0.717, 1.165) is 0 Å². The fourth-order valence-corrected chi connectivity index (χ4v) is 16.8. The number of nitrogens with zero attached hydrogens (tertiary/aromatic N) is 2. The Morgan fingerprint density at radius 1 is 0.198 bits per heavy atom. The smallest absolute Gasteiger partial charge is 0.0541 e. The Hall–Kier alpha value is -10.8. The zero-order chi connectivity index (χ0) is 60.8. The van der Waals surface area contributed by atoms with Crippen LogP contribution in [0.4, 0.5) is 0 Å². The van der Waals surface area contributed by atoms with Crippen molar-refractivity contribution in [3.63, 3.8) is 0 Å². The third kappa shape index (κ3) is 7.48. The second kappa shape index (κ2) is 18.6. The maximum atomic E-state index is 2.49. The van der Waals surface area contributed by atoms with Gasteiger partial charge in [0, 0.05) is 49.2 Å². The minimum atomic E-state index is -0.190. The van der Waals surface area contributed by atoms with Gasteiger partial charge in [-0.3, -0.25) is 0 Å². The molecule has 91 heavy (non-hydrogen) atoms. The van der Waals surface area contributed by atoms with E-state index in [-0.39, 0.29) is 16.2 Å². The third-order valence-corrected chi connectivity index (χ3v) is 21.7. The summed E-state index contributed by atoms with van der Waals surface area (Å²) >= 11 is 0. The number of aromatic nitrogens is 2. The summed E-state index contributed by atoms with van der Waals surface area (Å²) in [6.07, 6.45) is 0. The summed E-state index contributed by atoms with van der Waals surface area (Å²) in [4.78, 5) is 0. The molecule has 0 radical (unpaired) electrons. The van der Waals surface area contributed by atoms with Crippen LogP contribution in [0.5, 0.6) is 0 Å². The molecule has 3 aliphatic rings. The van der Waals surface area contributed by atoms with Crippen LogP contribution in [-0.2, 0) is 16.2 Å². The van der Waals surface area contributed by atoms with Crippen molar-refractivity contribution in [3.05, 3.63) is 312 Å². The molecule has 16 aromatic rings. The molecule has 0 aliphatic heterocycles. The van der Waals surface area contributed by atoms with Gasteiger partial charge in [0.25, 0.3) is 0 Å². The molecule has 19 rings (SSSR count).